The van der Waals surface area contributed by atoms with E-state index in [0.717, 1.165) is 5.75 Å². The van der Waals surface area contributed by atoms with Gasteiger partial charge in [-0.15, -0.1) is 0 Å². The number of aliphatic hydroxyl groups excluding tert-OH is 1. The molecule has 0 aliphatic carbocycles. The van der Waals surface area contributed by atoms with Crippen molar-refractivity contribution in [3.63, 3.8) is 0 Å². The lowest BCUT2D eigenvalue weighted by molar-refractivity contribution is 0.281. The van der Waals surface area contributed by atoms with Gasteiger partial charge in [-0.2, -0.15) is 11.8 Å². The van der Waals surface area contributed by atoms with Crippen LogP contribution in [0.2, 0.25) is 0 Å². The topological polar surface area (TPSA) is 57.6 Å². The second-order valence-corrected chi connectivity index (χ2v) is 7.85. The molecule has 2 rings (SSSR count). The van der Waals surface area contributed by atoms with Crippen LogP contribution in [0.5, 0.6) is 0 Å². The minimum Gasteiger partial charge on any atom is -0.392 e. The van der Waals surface area contributed by atoms with Crippen LogP contribution in [0.1, 0.15) is 5.56 Å². The Morgan fingerprint density at radius 2 is 2.26 bits per heavy atom. The van der Waals surface area contributed by atoms with Crippen LogP contribution in [0.25, 0.3) is 0 Å². The van der Waals surface area contributed by atoms with Gasteiger partial charge in [0.2, 0.25) is 0 Å². The van der Waals surface area contributed by atoms with Crippen molar-refractivity contribution in [2.45, 2.75) is 12.0 Å². The zero-order valence-corrected chi connectivity index (χ0v) is 12.2. The zero-order chi connectivity index (χ0) is 14.0. The molecule has 0 saturated carbocycles. The van der Waals surface area contributed by atoms with Crippen LogP contribution in [0.3, 0.4) is 0 Å². The van der Waals surface area contributed by atoms with E-state index in [-0.39, 0.29) is 12.3 Å². The van der Waals surface area contributed by atoms with Crippen molar-refractivity contribution in [2.75, 3.05) is 29.2 Å². The summed E-state index contributed by atoms with van der Waals surface area (Å²) in [6.07, 6.45) is 1.18. The van der Waals surface area contributed by atoms with Crippen molar-refractivity contribution < 1.29 is 17.9 Å². The van der Waals surface area contributed by atoms with Gasteiger partial charge in [0.1, 0.15) is 11.2 Å². The third kappa shape index (κ3) is 3.21. The van der Waals surface area contributed by atoms with Gasteiger partial charge in [-0.25, -0.2) is 12.8 Å². The van der Waals surface area contributed by atoms with Crippen LogP contribution < -0.4 is 4.90 Å². The fourth-order valence-electron chi connectivity index (χ4n) is 2.09. The van der Waals surface area contributed by atoms with Gasteiger partial charge in [0, 0.05) is 24.3 Å². The summed E-state index contributed by atoms with van der Waals surface area (Å²) in [6.45, 7) is 0.264. The quantitative estimate of drug-likeness (QED) is 0.910. The van der Waals surface area contributed by atoms with Crippen LogP contribution in [0.15, 0.2) is 18.2 Å². The fraction of sp³-hybridized carbons (Fsp3) is 0.500. The molecule has 1 saturated heterocycles. The summed E-state index contributed by atoms with van der Waals surface area (Å²) in [5, 5.41) is 8.27. The van der Waals surface area contributed by atoms with E-state index in [1.54, 1.807) is 22.7 Å². The average Bonchev–Trinajstić information content (AvgIpc) is 2.37. The van der Waals surface area contributed by atoms with E-state index < -0.39 is 21.0 Å². The lowest BCUT2D eigenvalue weighted by Crippen LogP contribution is -2.47. The summed E-state index contributed by atoms with van der Waals surface area (Å²) >= 11 is 1.56. The molecule has 1 aromatic rings. The fourth-order valence-corrected chi connectivity index (χ4v) is 4.93. The maximum absolute atomic E-state index is 14.0. The van der Waals surface area contributed by atoms with Gasteiger partial charge in [-0.05, 0) is 17.7 Å². The van der Waals surface area contributed by atoms with Crippen molar-refractivity contribution in [3.05, 3.63) is 29.6 Å². The molecule has 1 fully saturated rings. The van der Waals surface area contributed by atoms with E-state index >= 15 is 0 Å². The number of thioether (sulfide) groups is 1. The number of sulfone groups is 1. The van der Waals surface area contributed by atoms with Crippen molar-refractivity contribution in [1.29, 1.82) is 0 Å². The lowest BCUT2D eigenvalue weighted by atomic mass is 10.2. The van der Waals surface area contributed by atoms with Gasteiger partial charge in [0.05, 0.1) is 12.3 Å². The highest BCUT2D eigenvalue weighted by Gasteiger charge is 2.32. The van der Waals surface area contributed by atoms with Crippen LogP contribution in [-0.2, 0) is 16.4 Å². The minimum absolute atomic E-state index is 0.234. The van der Waals surface area contributed by atoms with E-state index in [0.29, 0.717) is 17.9 Å². The second kappa shape index (κ2) is 5.68. The van der Waals surface area contributed by atoms with Gasteiger partial charge in [-0.1, -0.05) is 6.07 Å². The molecule has 0 amide bonds. The highest BCUT2D eigenvalue weighted by molar-refractivity contribution is 8.01. The molecule has 0 spiro atoms. The van der Waals surface area contributed by atoms with Crippen molar-refractivity contribution in [2.24, 2.45) is 0 Å². The van der Waals surface area contributed by atoms with E-state index in [2.05, 4.69) is 0 Å². The first-order chi connectivity index (χ1) is 8.93. The number of rotatable bonds is 3. The molecule has 1 aliphatic heterocycles. The Balaban J connectivity index is 2.38. The molecule has 4 nitrogen and oxygen atoms in total. The SMILES string of the molecule is CS(=O)(=O)C1CSCCN1c1ccc(CO)cc1F. The Labute approximate surface area is 116 Å². The summed E-state index contributed by atoms with van der Waals surface area (Å²) in [7, 11) is -3.27. The van der Waals surface area contributed by atoms with Crippen LogP contribution in [0, 0.1) is 5.82 Å². The Bertz CT molecular complexity index is 562. The minimum atomic E-state index is -3.27. The maximum atomic E-state index is 14.0. The van der Waals surface area contributed by atoms with Crippen LogP contribution in [-0.4, -0.2) is 43.2 Å². The van der Waals surface area contributed by atoms with Gasteiger partial charge >= 0.3 is 0 Å². The second-order valence-electron chi connectivity index (χ2n) is 4.50. The number of benzene rings is 1. The molecule has 1 aromatic carbocycles. The summed E-state index contributed by atoms with van der Waals surface area (Å²) in [6, 6.07) is 4.39. The maximum Gasteiger partial charge on any atom is 0.169 e. The van der Waals surface area contributed by atoms with Gasteiger partial charge < -0.3 is 10.0 Å². The summed E-state index contributed by atoms with van der Waals surface area (Å²) < 4.78 is 37.6. The predicted molar refractivity (Wildman–Crippen MR) is 75.6 cm³/mol. The first-order valence-electron chi connectivity index (χ1n) is 5.86. The number of aliphatic hydroxyl groups is 1. The Kier molecular flexibility index (Phi) is 4.37. The van der Waals surface area contributed by atoms with E-state index in [4.69, 9.17) is 5.11 Å². The van der Waals surface area contributed by atoms with E-state index in [1.807, 2.05) is 0 Å². The molecular formula is C12H16FNO3S2. The number of halogens is 1. The standard InChI is InChI=1S/C12H16FNO3S2/c1-19(16,17)12-8-18-5-4-14(12)11-3-2-9(7-15)6-10(11)13/h2-3,6,12,15H,4-5,7-8H2,1H3. The van der Waals surface area contributed by atoms with Gasteiger partial charge in [0.25, 0.3) is 0 Å². The third-order valence-corrected chi connectivity index (χ3v) is 5.73. The Morgan fingerprint density at radius 1 is 1.53 bits per heavy atom. The van der Waals surface area contributed by atoms with Gasteiger partial charge in [0.15, 0.2) is 9.84 Å². The molecule has 0 aromatic heterocycles. The smallest absolute Gasteiger partial charge is 0.169 e. The first kappa shape index (κ1) is 14.6. The summed E-state index contributed by atoms with van der Waals surface area (Å²) in [4.78, 5) is 1.60. The predicted octanol–water partition coefficient (Wildman–Crippen LogP) is 1.24. The number of anilines is 1. The van der Waals surface area contributed by atoms with Gasteiger partial charge in [-0.3, -0.25) is 0 Å². The third-order valence-electron chi connectivity index (χ3n) is 3.08. The number of nitrogens with zero attached hydrogens (tertiary/aromatic N) is 1. The van der Waals surface area contributed by atoms with Crippen molar-refractivity contribution in [3.8, 4) is 0 Å². The molecule has 0 bridgehead atoms. The lowest BCUT2D eigenvalue weighted by Gasteiger charge is -2.36. The van der Waals surface area contributed by atoms with Crippen LogP contribution in [0.4, 0.5) is 10.1 Å². The summed E-state index contributed by atoms with van der Waals surface area (Å²) in [5.41, 5.74) is 0.761. The molecule has 0 radical (unpaired) electrons. The van der Waals surface area contributed by atoms with E-state index in [9.17, 15) is 12.8 Å². The Morgan fingerprint density at radius 3 is 2.84 bits per heavy atom. The monoisotopic (exact) mass is 305 g/mol. The normalized spacial score (nSPS) is 20.6. The molecule has 1 aliphatic rings. The highest BCUT2D eigenvalue weighted by Crippen LogP contribution is 2.29. The number of hydrogen-bond donors (Lipinski definition) is 1. The highest BCUT2D eigenvalue weighted by atomic mass is 32.2. The molecule has 1 heterocycles. The largest absolute Gasteiger partial charge is 0.392 e. The van der Waals surface area contributed by atoms with Crippen molar-refractivity contribution in [1.82, 2.24) is 0 Å². The van der Waals surface area contributed by atoms with E-state index in [1.165, 1.54) is 18.4 Å². The molecule has 19 heavy (non-hydrogen) atoms. The molecular weight excluding hydrogens is 289 g/mol. The molecule has 7 heteroatoms. The molecule has 1 atom stereocenters. The molecule has 1 unspecified atom stereocenters. The first-order valence-corrected chi connectivity index (χ1v) is 8.97. The molecule has 106 valence electrons. The van der Waals surface area contributed by atoms with Crippen LogP contribution >= 0.6 is 11.8 Å². The average molecular weight is 305 g/mol. The summed E-state index contributed by atoms with van der Waals surface area (Å²) in [5.74, 6) is 0.722. The number of hydrogen-bond acceptors (Lipinski definition) is 5. The van der Waals surface area contributed by atoms with Crippen molar-refractivity contribution >= 4 is 27.3 Å². The zero-order valence-electron chi connectivity index (χ0n) is 10.5. The molecule has 1 N–H and O–H groups in total. The Hall–Kier alpha value is -0.790.